The molecule has 0 aliphatic rings. The van der Waals surface area contributed by atoms with E-state index in [9.17, 15) is 27.2 Å². The lowest BCUT2D eigenvalue weighted by atomic mass is 9.95. The quantitative estimate of drug-likeness (QED) is 0.230. The third kappa shape index (κ3) is 9.96. The number of hydrogen-bond acceptors (Lipinski definition) is 4. The number of alkyl halides is 4. The third-order valence-electron chi connectivity index (χ3n) is 3.83. The molecule has 0 N–H and O–H groups in total. The van der Waals surface area contributed by atoms with E-state index in [-0.39, 0.29) is 12.2 Å². The van der Waals surface area contributed by atoms with Crippen molar-refractivity contribution < 1.29 is 36.6 Å². The van der Waals surface area contributed by atoms with Gasteiger partial charge in [-0.15, -0.1) is 0 Å². The lowest BCUT2D eigenvalue weighted by molar-refractivity contribution is -0.189. The molecule has 1 aromatic carbocycles. The summed E-state index contributed by atoms with van der Waals surface area (Å²) < 4.78 is 60.1. The van der Waals surface area contributed by atoms with Crippen LogP contribution in [0.15, 0.2) is 30.3 Å². The number of unbranched alkanes of at least 4 members (excludes halogenated alkanes) is 3. The van der Waals surface area contributed by atoms with Gasteiger partial charge in [0.2, 0.25) is 0 Å². The smallest absolute Gasteiger partial charge is 0.422 e. The number of benzene rings is 1. The summed E-state index contributed by atoms with van der Waals surface area (Å²) in [5.74, 6) is -3.34. The van der Waals surface area contributed by atoms with E-state index in [0.29, 0.717) is 6.42 Å². The molecule has 1 aromatic rings. The van der Waals surface area contributed by atoms with Gasteiger partial charge in [0.05, 0.1) is 5.92 Å². The van der Waals surface area contributed by atoms with Crippen LogP contribution in [0.25, 0.3) is 0 Å². The van der Waals surface area contributed by atoms with Crippen LogP contribution >= 0.6 is 0 Å². The van der Waals surface area contributed by atoms with Crippen LogP contribution in [0.2, 0.25) is 0 Å². The minimum Gasteiger partial charge on any atom is -0.456 e. The van der Waals surface area contributed by atoms with Gasteiger partial charge < -0.3 is 9.47 Å². The molecular formula is C19H24F4O4. The van der Waals surface area contributed by atoms with Gasteiger partial charge in [-0.05, 0) is 18.6 Å². The molecule has 8 heteroatoms. The van der Waals surface area contributed by atoms with E-state index in [1.165, 1.54) is 12.1 Å². The molecule has 0 aliphatic carbocycles. The summed E-state index contributed by atoms with van der Waals surface area (Å²) >= 11 is 0. The first kappa shape index (κ1) is 22.9. The van der Waals surface area contributed by atoms with Crippen molar-refractivity contribution >= 4 is 11.9 Å². The number of rotatable bonds is 11. The van der Waals surface area contributed by atoms with Crippen LogP contribution in [0.3, 0.4) is 0 Å². The lowest BCUT2D eigenvalue weighted by Crippen LogP contribution is -2.30. The van der Waals surface area contributed by atoms with Gasteiger partial charge in [0.1, 0.15) is 5.75 Å². The number of para-hydroxylation sites is 1. The molecule has 0 saturated heterocycles. The van der Waals surface area contributed by atoms with Gasteiger partial charge in [-0.2, -0.15) is 13.2 Å². The van der Waals surface area contributed by atoms with Gasteiger partial charge in [-0.3, -0.25) is 4.79 Å². The number of ether oxygens (including phenoxy) is 2. The molecule has 0 radical (unpaired) electrons. The van der Waals surface area contributed by atoms with Gasteiger partial charge in [0, 0.05) is 6.42 Å². The summed E-state index contributed by atoms with van der Waals surface area (Å²) in [5, 5.41) is 0. The van der Waals surface area contributed by atoms with E-state index in [1.807, 2.05) is 6.92 Å². The molecule has 0 amide bonds. The van der Waals surface area contributed by atoms with E-state index in [0.717, 1.165) is 19.3 Å². The Hall–Kier alpha value is -2.12. The minimum atomic E-state index is -4.66. The number of carbonyl (C=O) groups is 2. The number of esters is 2. The number of carbonyl (C=O) groups excluding carboxylic acids is 2. The van der Waals surface area contributed by atoms with Crippen molar-refractivity contribution in [3.05, 3.63) is 30.3 Å². The summed E-state index contributed by atoms with van der Waals surface area (Å²) in [6.07, 6.45) is -4.13. The molecule has 0 heterocycles. The van der Waals surface area contributed by atoms with Crippen LogP contribution in [0.1, 0.15) is 45.4 Å². The Morgan fingerprint density at radius 3 is 2.30 bits per heavy atom. The van der Waals surface area contributed by atoms with Gasteiger partial charge in [0.25, 0.3) is 0 Å². The van der Waals surface area contributed by atoms with Crippen molar-refractivity contribution in [3.8, 4) is 5.75 Å². The standard InChI is InChI=1S/C19H24F4O4/c1-2-3-4-6-9-14(17(24)26-13-19(21,22)23)12-16(20)18(25)27-15-10-7-5-8-11-15/h5,7-8,10-11,14,16H,2-4,6,9,12-13H2,1H3. The van der Waals surface area contributed by atoms with Crippen molar-refractivity contribution in [2.75, 3.05) is 6.61 Å². The predicted octanol–water partition coefficient (Wildman–Crippen LogP) is 5.01. The lowest BCUT2D eigenvalue weighted by Gasteiger charge is -2.18. The van der Waals surface area contributed by atoms with E-state index in [4.69, 9.17) is 4.74 Å². The fourth-order valence-electron chi connectivity index (χ4n) is 2.43. The monoisotopic (exact) mass is 392 g/mol. The first-order chi connectivity index (χ1) is 12.7. The molecule has 0 aromatic heterocycles. The van der Waals surface area contributed by atoms with E-state index in [1.54, 1.807) is 18.2 Å². The highest BCUT2D eigenvalue weighted by Crippen LogP contribution is 2.23. The van der Waals surface area contributed by atoms with Crippen molar-refractivity contribution in [3.63, 3.8) is 0 Å². The highest BCUT2D eigenvalue weighted by atomic mass is 19.4. The van der Waals surface area contributed by atoms with Crippen LogP contribution < -0.4 is 4.74 Å². The average Bonchev–Trinajstić information content (AvgIpc) is 2.62. The second-order valence-electron chi connectivity index (χ2n) is 6.21. The second kappa shape index (κ2) is 11.6. The van der Waals surface area contributed by atoms with Crippen LogP contribution in [0.4, 0.5) is 17.6 Å². The van der Waals surface area contributed by atoms with Crippen LogP contribution in [0.5, 0.6) is 5.75 Å². The molecule has 4 nitrogen and oxygen atoms in total. The average molecular weight is 392 g/mol. The summed E-state index contributed by atoms with van der Waals surface area (Å²) in [6.45, 7) is 0.245. The Morgan fingerprint density at radius 1 is 1.04 bits per heavy atom. The van der Waals surface area contributed by atoms with Gasteiger partial charge >= 0.3 is 18.1 Å². The largest absolute Gasteiger partial charge is 0.456 e. The topological polar surface area (TPSA) is 52.6 Å². The van der Waals surface area contributed by atoms with Crippen LogP contribution in [-0.2, 0) is 14.3 Å². The molecule has 0 saturated carbocycles. The van der Waals surface area contributed by atoms with Gasteiger partial charge in [-0.25, -0.2) is 9.18 Å². The summed E-state index contributed by atoms with van der Waals surface area (Å²) in [6, 6.07) is 7.81. The molecule has 27 heavy (non-hydrogen) atoms. The summed E-state index contributed by atoms with van der Waals surface area (Å²) in [5.41, 5.74) is 0. The molecule has 1 rings (SSSR count). The Morgan fingerprint density at radius 2 is 1.70 bits per heavy atom. The highest BCUT2D eigenvalue weighted by molar-refractivity contribution is 5.79. The molecule has 0 aliphatic heterocycles. The fourth-order valence-corrected chi connectivity index (χ4v) is 2.43. The van der Waals surface area contributed by atoms with E-state index < -0.39 is 43.2 Å². The molecule has 152 valence electrons. The van der Waals surface area contributed by atoms with Crippen molar-refractivity contribution in [1.82, 2.24) is 0 Å². The van der Waals surface area contributed by atoms with E-state index >= 15 is 0 Å². The van der Waals surface area contributed by atoms with Crippen LogP contribution in [-0.4, -0.2) is 30.9 Å². The first-order valence-electron chi connectivity index (χ1n) is 8.87. The minimum absolute atomic E-state index is 0.143. The van der Waals surface area contributed by atoms with Gasteiger partial charge in [-0.1, -0.05) is 50.8 Å². The Kier molecular flexibility index (Phi) is 9.82. The summed E-state index contributed by atoms with van der Waals surface area (Å²) in [4.78, 5) is 23.8. The zero-order valence-electron chi connectivity index (χ0n) is 15.1. The van der Waals surface area contributed by atoms with Crippen molar-refractivity contribution in [1.29, 1.82) is 0 Å². The normalized spacial score (nSPS) is 13.7. The van der Waals surface area contributed by atoms with E-state index in [2.05, 4.69) is 4.74 Å². The Bertz CT molecular complexity index is 575. The molecular weight excluding hydrogens is 368 g/mol. The van der Waals surface area contributed by atoms with Crippen LogP contribution in [0, 0.1) is 5.92 Å². The molecule has 2 unspecified atom stereocenters. The maximum atomic E-state index is 14.2. The molecule has 0 bridgehead atoms. The predicted molar refractivity (Wildman–Crippen MR) is 90.9 cm³/mol. The van der Waals surface area contributed by atoms with Crippen molar-refractivity contribution in [2.24, 2.45) is 5.92 Å². The fraction of sp³-hybridized carbons (Fsp3) is 0.579. The third-order valence-corrected chi connectivity index (χ3v) is 3.83. The zero-order chi connectivity index (χ0) is 20.3. The zero-order valence-corrected chi connectivity index (χ0v) is 15.1. The van der Waals surface area contributed by atoms with Crippen molar-refractivity contribution in [2.45, 2.75) is 57.8 Å². The van der Waals surface area contributed by atoms with Gasteiger partial charge in [0.15, 0.2) is 12.8 Å². The molecule has 0 spiro atoms. The Balaban J connectivity index is 2.64. The first-order valence-corrected chi connectivity index (χ1v) is 8.87. The second-order valence-corrected chi connectivity index (χ2v) is 6.21. The number of hydrogen-bond donors (Lipinski definition) is 0. The SMILES string of the molecule is CCCCCCC(CC(F)C(=O)Oc1ccccc1)C(=O)OCC(F)(F)F. The number of halogens is 4. The highest BCUT2D eigenvalue weighted by Gasteiger charge is 2.33. The Labute approximate surface area is 155 Å². The maximum absolute atomic E-state index is 14.2. The maximum Gasteiger partial charge on any atom is 0.422 e. The summed E-state index contributed by atoms with van der Waals surface area (Å²) in [7, 11) is 0. The molecule has 0 fully saturated rings. The molecule has 2 atom stereocenters.